The molecule has 0 unspecified atom stereocenters. The Morgan fingerprint density at radius 3 is 2.70 bits per heavy atom. The fourth-order valence-corrected chi connectivity index (χ4v) is 3.93. The molecule has 0 radical (unpaired) electrons. The van der Waals surface area contributed by atoms with Crippen molar-refractivity contribution in [2.45, 2.75) is 25.4 Å². The van der Waals surface area contributed by atoms with Crippen molar-refractivity contribution < 1.29 is 23.8 Å². The highest BCUT2D eigenvalue weighted by Gasteiger charge is 2.23. The van der Waals surface area contributed by atoms with Crippen molar-refractivity contribution in [2.75, 3.05) is 32.7 Å². The van der Waals surface area contributed by atoms with Gasteiger partial charge in [-0.25, -0.2) is 4.98 Å². The van der Waals surface area contributed by atoms with Crippen LogP contribution in [0.1, 0.15) is 29.0 Å². The highest BCUT2D eigenvalue weighted by atomic mass is 16.5. The molecule has 33 heavy (non-hydrogen) atoms. The number of carbonyl (C=O) groups is 2. The number of benzene rings is 2. The first-order chi connectivity index (χ1) is 16.0. The Morgan fingerprint density at radius 1 is 1.15 bits per heavy atom. The molecule has 9 nitrogen and oxygen atoms in total. The lowest BCUT2D eigenvalue weighted by Gasteiger charge is -2.10. The smallest absolute Gasteiger partial charge is 0.255 e. The molecular formula is C24H28N4O5. The summed E-state index contributed by atoms with van der Waals surface area (Å²) in [5.74, 6) is 1.57. The van der Waals surface area contributed by atoms with Gasteiger partial charge in [-0.05, 0) is 49.2 Å². The SMILES string of the molecule is COc1ccc(C(=O)Nc2ccc3c(c2)nc(CCNC(=O)[C@@H]2CCCO2)n3C)cc1OC. The van der Waals surface area contributed by atoms with Crippen LogP contribution in [0.3, 0.4) is 0 Å². The van der Waals surface area contributed by atoms with Crippen molar-refractivity contribution >= 4 is 28.5 Å². The predicted octanol–water partition coefficient (Wildman–Crippen LogP) is 2.68. The minimum Gasteiger partial charge on any atom is -0.493 e. The summed E-state index contributed by atoms with van der Waals surface area (Å²) in [6.45, 7) is 1.13. The molecule has 0 aliphatic carbocycles. The van der Waals surface area contributed by atoms with Crippen LogP contribution in [0.25, 0.3) is 11.0 Å². The number of ether oxygens (including phenoxy) is 3. The largest absolute Gasteiger partial charge is 0.493 e. The summed E-state index contributed by atoms with van der Waals surface area (Å²) in [4.78, 5) is 29.5. The number of nitrogens with zero attached hydrogens (tertiary/aromatic N) is 2. The van der Waals surface area contributed by atoms with Crippen LogP contribution in [0.4, 0.5) is 5.69 Å². The van der Waals surface area contributed by atoms with Crippen molar-refractivity contribution in [3.63, 3.8) is 0 Å². The van der Waals surface area contributed by atoms with Crippen LogP contribution in [0.15, 0.2) is 36.4 Å². The number of hydrogen-bond donors (Lipinski definition) is 2. The fourth-order valence-electron chi connectivity index (χ4n) is 3.93. The Bertz CT molecular complexity index is 1170. The Morgan fingerprint density at radius 2 is 1.97 bits per heavy atom. The molecule has 1 aromatic heterocycles. The van der Waals surface area contributed by atoms with Gasteiger partial charge in [0.15, 0.2) is 11.5 Å². The Hall–Kier alpha value is -3.59. The van der Waals surface area contributed by atoms with Gasteiger partial charge in [-0.15, -0.1) is 0 Å². The van der Waals surface area contributed by atoms with Crippen LogP contribution in [0.2, 0.25) is 0 Å². The Balaban J connectivity index is 1.42. The summed E-state index contributed by atoms with van der Waals surface area (Å²) < 4.78 is 17.9. The second kappa shape index (κ2) is 9.91. The molecule has 4 rings (SSSR count). The molecule has 1 saturated heterocycles. The number of aromatic nitrogens is 2. The summed E-state index contributed by atoms with van der Waals surface area (Å²) in [7, 11) is 5.01. The molecule has 2 amide bonds. The predicted molar refractivity (Wildman–Crippen MR) is 124 cm³/mol. The molecule has 1 atom stereocenters. The quantitative estimate of drug-likeness (QED) is 0.545. The molecule has 0 spiro atoms. The van der Waals surface area contributed by atoms with Gasteiger partial charge in [0.2, 0.25) is 5.91 Å². The third kappa shape index (κ3) is 4.93. The number of carbonyl (C=O) groups excluding carboxylic acids is 2. The number of aryl methyl sites for hydroxylation is 1. The van der Waals surface area contributed by atoms with Gasteiger partial charge in [0.05, 0.1) is 25.3 Å². The van der Waals surface area contributed by atoms with E-state index in [1.54, 1.807) is 25.3 Å². The lowest BCUT2D eigenvalue weighted by Crippen LogP contribution is -2.35. The van der Waals surface area contributed by atoms with Crippen molar-refractivity contribution in [1.82, 2.24) is 14.9 Å². The van der Waals surface area contributed by atoms with Gasteiger partial charge < -0.3 is 29.4 Å². The number of anilines is 1. The van der Waals surface area contributed by atoms with Gasteiger partial charge in [-0.1, -0.05) is 0 Å². The molecular weight excluding hydrogens is 424 g/mol. The number of rotatable bonds is 8. The first kappa shape index (κ1) is 22.6. The number of hydrogen-bond acceptors (Lipinski definition) is 6. The van der Waals surface area contributed by atoms with Crippen LogP contribution < -0.4 is 20.1 Å². The fraction of sp³-hybridized carbons (Fsp3) is 0.375. The Labute approximate surface area is 192 Å². The maximum absolute atomic E-state index is 12.7. The van der Waals surface area contributed by atoms with E-state index in [4.69, 9.17) is 14.2 Å². The number of methoxy groups -OCH3 is 2. The number of imidazole rings is 1. The third-order valence-electron chi connectivity index (χ3n) is 5.75. The van der Waals surface area contributed by atoms with E-state index in [2.05, 4.69) is 15.6 Å². The molecule has 0 bridgehead atoms. The summed E-state index contributed by atoms with van der Waals surface area (Å²) in [6.07, 6.45) is 1.96. The molecule has 1 aliphatic rings. The summed E-state index contributed by atoms with van der Waals surface area (Å²) in [5, 5.41) is 5.83. The lowest BCUT2D eigenvalue weighted by atomic mass is 10.1. The molecule has 1 aliphatic heterocycles. The van der Waals surface area contributed by atoms with Gasteiger partial charge in [0.25, 0.3) is 5.91 Å². The molecule has 2 N–H and O–H groups in total. The molecule has 1 fully saturated rings. The maximum atomic E-state index is 12.7. The molecule has 174 valence electrons. The first-order valence-corrected chi connectivity index (χ1v) is 10.9. The topological polar surface area (TPSA) is 104 Å². The summed E-state index contributed by atoms with van der Waals surface area (Å²) in [6, 6.07) is 10.6. The molecule has 0 saturated carbocycles. The Kier molecular flexibility index (Phi) is 6.79. The van der Waals surface area contributed by atoms with E-state index in [1.165, 1.54) is 7.11 Å². The van der Waals surface area contributed by atoms with E-state index in [9.17, 15) is 9.59 Å². The van der Waals surface area contributed by atoms with Gasteiger partial charge in [-0.2, -0.15) is 0 Å². The molecule has 3 aromatic rings. The summed E-state index contributed by atoms with van der Waals surface area (Å²) >= 11 is 0. The second-order valence-corrected chi connectivity index (χ2v) is 7.86. The first-order valence-electron chi connectivity index (χ1n) is 10.9. The van der Waals surface area contributed by atoms with E-state index in [0.29, 0.717) is 42.3 Å². The van der Waals surface area contributed by atoms with Crippen molar-refractivity contribution in [3.05, 3.63) is 47.8 Å². The van der Waals surface area contributed by atoms with Crippen molar-refractivity contribution in [2.24, 2.45) is 7.05 Å². The zero-order chi connectivity index (χ0) is 23.4. The number of nitrogens with one attached hydrogen (secondary N) is 2. The normalized spacial score (nSPS) is 15.4. The standard InChI is InChI=1S/C24H28N4O5/c1-28-18-8-7-16(26-23(29)15-6-9-19(31-2)21(13-15)32-3)14-17(18)27-22(28)10-11-25-24(30)20-5-4-12-33-20/h6-9,13-14,20H,4-5,10-12H2,1-3H3,(H,25,30)(H,26,29)/t20-/m0/s1. The van der Waals surface area contributed by atoms with Gasteiger partial charge in [0.1, 0.15) is 11.9 Å². The minimum atomic E-state index is -0.331. The zero-order valence-corrected chi connectivity index (χ0v) is 19.0. The van der Waals surface area contributed by atoms with E-state index < -0.39 is 0 Å². The van der Waals surface area contributed by atoms with Crippen LogP contribution in [-0.2, 0) is 23.0 Å². The van der Waals surface area contributed by atoms with Crippen molar-refractivity contribution in [3.8, 4) is 11.5 Å². The number of fused-ring (bicyclic) bond motifs is 1. The minimum absolute atomic E-state index is 0.0635. The van der Waals surface area contributed by atoms with E-state index >= 15 is 0 Å². The van der Waals surface area contributed by atoms with Gasteiger partial charge in [0, 0.05) is 37.9 Å². The monoisotopic (exact) mass is 452 g/mol. The molecule has 2 heterocycles. The zero-order valence-electron chi connectivity index (χ0n) is 19.0. The van der Waals surface area contributed by atoms with E-state index in [-0.39, 0.29) is 17.9 Å². The maximum Gasteiger partial charge on any atom is 0.255 e. The van der Waals surface area contributed by atoms with Crippen molar-refractivity contribution in [1.29, 1.82) is 0 Å². The molecule has 9 heteroatoms. The van der Waals surface area contributed by atoms with Gasteiger partial charge >= 0.3 is 0 Å². The third-order valence-corrected chi connectivity index (χ3v) is 5.75. The van der Waals surface area contributed by atoms with Crippen LogP contribution in [-0.4, -0.2) is 54.8 Å². The number of amides is 2. The lowest BCUT2D eigenvalue weighted by molar-refractivity contribution is -0.130. The van der Waals surface area contributed by atoms with Gasteiger partial charge in [-0.3, -0.25) is 9.59 Å². The summed E-state index contributed by atoms with van der Waals surface area (Å²) in [5.41, 5.74) is 2.80. The second-order valence-electron chi connectivity index (χ2n) is 7.86. The molecule has 2 aromatic carbocycles. The highest BCUT2D eigenvalue weighted by molar-refractivity contribution is 6.05. The van der Waals surface area contributed by atoms with E-state index in [0.717, 1.165) is 29.7 Å². The van der Waals surface area contributed by atoms with Crippen LogP contribution >= 0.6 is 0 Å². The van der Waals surface area contributed by atoms with E-state index in [1.807, 2.05) is 29.8 Å². The average Bonchev–Trinajstić information content (AvgIpc) is 3.47. The van der Waals surface area contributed by atoms with Crippen LogP contribution in [0.5, 0.6) is 11.5 Å². The van der Waals surface area contributed by atoms with Crippen LogP contribution in [0, 0.1) is 0 Å². The highest BCUT2D eigenvalue weighted by Crippen LogP contribution is 2.28. The average molecular weight is 453 g/mol.